The third kappa shape index (κ3) is 3.23. The van der Waals surface area contributed by atoms with Crippen LogP contribution in [0.25, 0.3) is 0 Å². The average molecular weight is 309 g/mol. The lowest BCUT2D eigenvalue weighted by Gasteiger charge is -2.25. The van der Waals surface area contributed by atoms with Gasteiger partial charge in [-0.1, -0.05) is 23.7 Å². The third-order valence-electron chi connectivity index (χ3n) is 4.27. The van der Waals surface area contributed by atoms with Crippen molar-refractivity contribution in [1.82, 2.24) is 10.2 Å². The number of amides is 1. The topological polar surface area (TPSA) is 41.6 Å². The minimum atomic E-state index is -0.143. The first-order valence-electron chi connectivity index (χ1n) is 7.59. The van der Waals surface area contributed by atoms with Gasteiger partial charge in [-0.25, -0.2) is 0 Å². The summed E-state index contributed by atoms with van der Waals surface area (Å²) in [5, 5.41) is 4.07. The van der Waals surface area contributed by atoms with E-state index in [0.29, 0.717) is 11.1 Å². The summed E-state index contributed by atoms with van der Waals surface area (Å²) >= 11 is 5.94. The van der Waals surface area contributed by atoms with Crippen molar-refractivity contribution in [1.29, 1.82) is 0 Å². The molecule has 0 bridgehead atoms. The molecule has 0 radical (unpaired) electrons. The Morgan fingerprint density at radius 1 is 1.38 bits per heavy atom. The van der Waals surface area contributed by atoms with Crippen LogP contribution in [0.1, 0.15) is 37.9 Å². The second-order valence-electron chi connectivity index (χ2n) is 5.80. The Morgan fingerprint density at radius 3 is 2.81 bits per heavy atom. The number of carbonyl (C=O) groups excluding carboxylic acids is 1. The zero-order valence-electron chi connectivity index (χ0n) is 12.2. The fourth-order valence-corrected chi connectivity index (χ4v) is 3.22. The molecule has 1 N–H and O–H groups in total. The van der Waals surface area contributed by atoms with Crippen molar-refractivity contribution >= 4 is 17.5 Å². The first-order chi connectivity index (χ1) is 10.1. The molecule has 21 heavy (non-hydrogen) atoms. The number of ether oxygens (including phenoxy) is 1. The molecule has 2 aliphatic rings. The van der Waals surface area contributed by atoms with Crippen molar-refractivity contribution < 1.29 is 9.53 Å². The molecule has 4 nitrogen and oxygen atoms in total. The number of nitrogens with one attached hydrogen (secondary N) is 1. The van der Waals surface area contributed by atoms with Crippen LogP contribution in [-0.4, -0.2) is 36.1 Å². The number of benzene rings is 1. The van der Waals surface area contributed by atoms with Crippen molar-refractivity contribution in [2.24, 2.45) is 0 Å². The minimum absolute atomic E-state index is 0.0637. The second-order valence-corrected chi connectivity index (χ2v) is 6.23. The number of carbonyl (C=O) groups is 1. The zero-order chi connectivity index (χ0) is 14.8. The summed E-state index contributed by atoms with van der Waals surface area (Å²) < 4.78 is 5.66. The maximum Gasteiger partial charge on any atom is 0.241 e. The quantitative estimate of drug-likeness (QED) is 0.930. The summed E-state index contributed by atoms with van der Waals surface area (Å²) in [4.78, 5) is 14.3. The van der Waals surface area contributed by atoms with Gasteiger partial charge in [-0.2, -0.15) is 0 Å². The Bertz CT molecular complexity index is 500. The van der Waals surface area contributed by atoms with Gasteiger partial charge < -0.3 is 9.64 Å². The van der Waals surface area contributed by atoms with E-state index in [4.69, 9.17) is 16.3 Å². The van der Waals surface area contributed by atoms with E-state index in [9.17, 15) is 4.79 Å². The van der Waals surface area contributed by atoms with Crippen LogP contribution in [-0.2, 0) is 9.53 Å². The smallest absolute Gasteiger partial charge is 0.241 e. The highest BCUT2D eigenvalue weighted by atomic mass is 35.5. The SMILES string of the molecule is CC1NC(c2ccc(Cl)cc2)N(CCC2CCCO2)C1=O. The van der Waals surface area contributed by atoms with Crippen LogP contribution in [0.15, 0.2) is 24.3 Å². The van der Waals surface area contributed by atoms with Gasteiger partial charge in [-0.15, -0.1) is 0 Å². The first kappa shape index (κ1) is 14.8. The van der Waals surface area contributed by atoms with Gasteiger partial charge >= 0.3 is 0 Å². The Kier molecular flexibility index (Phi) is 4.48. The number of nitrogens with zero attached hydrogens (tertiary/aromatic N) is 1. The number of hydrogen-bond donors (Lipinski definition) is 1. The maximum absolute atomic E-state index is 12.4. The highest BCUT2D eigenvalue weighted by Crippen LogP contribution is 2.27. The van der Waals surface area contributed by atoms with Crippen LogP contribution in [0.5, 0.6) is 0 Å². The molecule has 0 spiro atoms. The molecule has 1 aromatic carbocycles. The molecule has 1 amide bonds. The highest BCUT2D eigenvalue weighted by molar-refractivity contribution is 6.30. The first-order valence-corrected chi connectivity index (χ1v) is 7.96. The lowest BCUT2D eigenvalue weighted by molar-refractivity contribution is -0.130. The standard InChI is InChI=1S/C16H21ClN2O2/c1-11-16(20)19(9-8-14-3-2-10-21-14)15(18-11)12-4-6-13(17)7-5-12/h4-7,11,14-15,18H,2-3,8-10H2,1H3. The second kappa shape index (κ2) is 6.34. The van der Waals surface area contributed by atoms with Crippen molar-refractivity contribution in [2.75, 3.05) is 13.2 Å². The summed E-state index contributed by atoms with van der Waals surface area (Å²) in [6, 6.07) is 7.54. The van der Waals surface area contributed by atoms with E-state index in [2.05, 4.69) is 5.32 Å². The Labute approximate surface area is 130 Å². The predicted molar refractivity (Wildman–Crippen MR) is 82.1 cm³/mol. The molecule has 2 saturated heterocycles. The van der Waals surface area contributed by atoms with E-state index < -0.39 is 0 Å². The molecule has 2 heterocycles. The number of halogens is 1. The molecule has 3 unspecified atom stereocenters. The average Bonchev–Trinajstić information content (AvgIpc) is 3.08. The molecule has 1 aromatic rings. The largest absolute Gasteiger partial charge is 0.378 e. The van der Waals surface area contributed by atoms with Gasteiger partial charge in [0.2, 0.25) is 5.91 Å². The van der Waals surface area contributed by atoms with Gasteiger partial charge in [0, 0.05) is 18.2 Å². The van der Waals surface area contributed by atoms with E-state index in [0.717, 1.165) is 38.0 Å². The zero-order valence-corrected chi connectivity index (χ0v) is 13.0. The van der Waals surface area contributed by atoms with Crippen molar-refractivity contribution in [2.45, 2.75) is 44.5 Å². The Balaban J connectivity index is 1.71. The lowest BCUT2D eigenvalue weighted by atomic mass is 10.1. The normalized spacial score (nSPS) is 29.3. The summed E-state index contributed by atoms with van der Waals surface area (Å²) in [7, 11) is 0. The number of rotatable bonds is 4. The van der Waals surface area contributed by atoms with Gasteiger partial charge in [0.05, 0.1) is 12.1 Å². The van der Waals surface area contributed by atoms with Gasteiger partial charge in [-0.05, 0) is 43.9 Å². The molecule has 0 aliphatic carbocycles. The van der Waals surface area contributed by atoms with Crippen molar-refractivity contribution in [3.8, 4) is 0 Å². The molecule has 2 fully saturated rings. The molecule has 2 aliphatic heterocycles. The van der Waals surface area contributed by atoms with Crippen LogP contribution >= 0.6 is 11.6 Å². The van der Waals surface area contributed by atoms with E-state index in [1.54, 1.807) is 0 Å². The summed E-state index contributed by atoms with van der Waals surface area (Å²) in [5.74, 6) is 0.160. The minimum Gasteiger partial charge on any atom is -0.378 e. The Morgan fingerprint density at radius 2 is 2.14 bits per heavy atom. The van der Waals surface area contributed by atoms with E-state index >= 15 is 0 Å². The predicted octanol–water partition coefficient (Wildman–Crippen LogP) is 2.73. The van der Waals surface area contributed by atoms with Gasteiger partial charge in [0.25, 0.3) is 0 Å². The van der Waals surface area contributed by atoms with Crippen molar-refractivity contribution in [3.63, 3.8) is 0 Å². The van der Waals surface area contributed by atoms with Gasteiger partial charge in [0.15, 0.2) is 0 Å². The van der Waals surface area contributed by atoms with Crippen LogP contribution in [0.4, 0.5) is 0 Å². The highest BCUT2D eigenvalue weighted by Gasteiger charge is 2.37. The van der Waals surface area contributed by atoms with E-state index in [1.807, 2.05) is 36.1 Å². The molecule has 3 rings (SSSR count). The van der Waals surface area contributed by atoms with Crippen LogP contribution in [0, 0.1) is 0 Å². The number of hydrogen-bond acceptors (Lipinski definition) is 3. The van der Waals surface area contributed by atoms with Crippen LogP contribution < -0.4 is 5.32 Å². The van der Waals surface area contributed by atoms with E-state index in [-0.39, 0.29) is 18.1 Å². The molecule has 0 aromatic heterocycles. The molecular formula is C16H21ClN2O2. The summed E-state index contributed by atoms with van der Waals surface area (Å²) in [6.07, 6.45) is 3.39. The lowest BCUT2D eigenvalue weighted by Crippen LogP contribution is -2.33. The van der Waals surface area contributed by atoms with Gasteiger partial charge in [0.1, 0.15) is 6.17 Å². The third-order valence-corrected chi connectivity index (χ3v) is 4.53. The van der Waals surface area contributed by atoms with Crippen LogP contribution in [0.2, 0.25) is 5.02 Å². The molecule has 0 saturated carbocycles. The molecule has 3 atom stereocenters. The molecule has 5 heteroatoms. The summed E-state index contributed by atoms with van der Waals surface area (Å²) in [6.45, 7) is 3.50. The maximum atomic E-state index is 12.4. The van der Waals surface area contributed by atoms with Gasteiger partial charge in [-0.3, -0.25) is 10.1 Å². The molecular weight excluding hydrogens is 288 g/mol. The Hall–Kier alpha value is -1.10. The van der Waals surface area contributed by atoms with Crippen molar-refractivity contribution in [3.05, 3.63) is 34.9 Å². The van der Waals surface area contributed by atoms with E-state index in [1.165, 1.54) is 0 Å². The summed E-state index contributed by atoms with van der Waals surface area (Å²) in [5.41, 5.74) is 1.07. The van der Waals surface area contributed by atoms with Crippen LogP contribution in [0.3, 0.4) is 0 Å². The fourth-order valence-electron chi connectivity index (χ4n) is 3.09. The molecule has 114 valence electrons. The monoisotopic (exact) mass is 308 g/mol. The fraction of sp³-hybridized carbons (Fsp3) is 0.562.